The maximum Gasteiger partial charge on any atom is 0.253 e. The quantitative estimate of drug-likeness (QED) is 0.897. The van der Waals surface area contributed by atoms with E-state index >= 15 is 0 Å². The van der Waals surface area contributed by atoms with E-state index in [1.54, 1.807) is 0 Å². The fraction of sp³-hybridized carbons (Fsp3) is 0.562. The fourth-order valence-electron chi connectivity index (χ4n) is 2.38. The maximum atomic E-state index is 12.3. The van der Waals surface area contributed by atoms with Crippen molar-refractivity contribution in [2.45, 2.75) is 32.8 Å². The monoisotopic (exact) mass is 276 g/mol. The lowest BCUT2D eigenvalue weighted by Crippen LogP contribution is -2.29. The number of hydrogen-bond donors (Lipinski definition) is 1. The molecule has 2 atom stereocenters. The molecule has 1 fully saturated rings. The lowest BCUT2D eigenvalue weighted by atomic mass is 10.1. The molecule has 1 heterocycles. The van der Waals surface area contributed by atoms with Gasteiger partial charge in [-0.05, 0) is 56.5 Å². The van der Waals surface area contributed by atoms with Crippen molar-refractivity contribution in [1.82, 2.24) is 4.90 Å². The first-order chi connectivity index (χ1) is 9.63. The second-order valence-corrected chi connectivity index (χ2v) is 5.50. The predicted molar refractivity (Wildman–Crippen MR) is 79.9 cm³/mol. The van der Waals surface area contributed by atoms with E-state index in [1.165, 1.54) is 0 Å². The molecule has 1 aromatic rings. The van der Waals surface area contributed by atoms with Crippen LogP contribution >= 0.6 is 0 Å². The first kappa shape index (κ1) is 14.9. The van der Waals surface area contributed by atoms with Gasteiger partial charge in [-0.25, -0.2) is 0 Å². The molecule has 0 saturated carbocycles. The molecule has 1 saturated heterocycles. The highest BCUT2D eigenvalue weighted by molar-refractivity contribution is 5.94. The first-order valence-electron chi connectivity index (χ1n) is 7.40. The number of carbonyl (C=O) groups excluding carboxylic acids is 1. The largest absolute Gasteiger partial charge is 0.491 e. The summed E-state index contributed by atoms with van der Waals surface area (Å²) < 4.78 is 5.72. The van der Waals surface area contributed by atoms with Crippen molar-refractivity contribution in [2.24, 2.45) is 11.7 Å². The van der Waals surface area contributed by atoms with Crippen LogP contribution < -0.4 is 10.5 Å². The van der Waals surface area contributed by atoms with Gasteiger partial charge < -0.3 is 15.4 Å². The number of ether oxygens (including phenoxy) is 1. The van der Waals surface area contributed by atoms with Gasteiger partial charge in [-0.2, -0.15) is 0 Å². The van der Waals surface area contributed by atoms with Crippen molar-refractivity contribution < 1.29 is 9.53 Å². The summed E-state index contributed by atoms with van der Waals surface area (Å²) >= 11 is 0. The minimum absolute atomic E-state index is 0.0936. The van der Waals surface area contributed by atoms with Crippen LogP contribution in [0.15, 0.2) is 24.3 Å². The topological polar surface area (TPSA) is 55.6 Å². The first-order valence-corrected chi connectivity index (χ1v) is 7.40. The molecule has 2 N–H and O–H groups in total. The van der Waals surface area contributed by atoms with E-state index in [9.17, 15) is 4.79 Å². The molecule has 1 amide bonds. The Morgan fingerprint density at radius 1 is 1.45 bits per heavy atom. The normalized spacial score (nSPS) is 19.9. The highest BCUT2D eigenvalue weighted by Crippen LogP contribution is 2.20. The summed E-state index contributed by atoms with van der Waals surface area (Å²) in [5, 5.41) is 0. The number of carbonyl (C=O) groups is 1. The molecule has 1 aliphatic rings. The average Bonchev–Trinajstić information content (AvgIpc) is 2.96. The van der Waals surface area contributed by atoms with Crippen LogP contribution in [0.5, 0.6) is 5.75 Å². The second kappa shape index (κ2) is 6.75. The maximum absolute atomic E-state index is 12.3. The van der Waals surface area contributed by atoms with Crippen LogP contribution in [-0.2, 0) is 0 Å². The lowest BCUT2D eigenvalue weighted by Gasteiger charge is -2.17. The van der Waals surface area contributed by atoms with E-state index < -0.39 is 0 Å². The smallest absolute Gasteiger partial charge is 0.253 e. The third-order valence-corrected chi connectivity index (χ3v) is 3.92. The molecule has 4 nitrogen and oxygen atoms in total. The van der Waals surface area contributed by atoms with Gasteiger partial charge in [0.15, 0.2) is 0 Å². The molecule has 110 valence electrons. The van der Waals surface area contributed by atoms with Gasteiger partial charge in [0.2, 0.25) is 0 Å². The highest BCUT2D eigenvalue weighted by atomic mass is 16.5. The van der Waals surface area contributed by atoms with E-state index in [0.29, 0.717) is 12.5 Å². The number of amides is 1. The minimum atomic E-state index is 0.0936. The Bertz CT molecular complexity index is 444. The van der Waals surface area contributed by atoms with Gasteiger partial charge in [0.1, 0.15) is 5.75 Å². The molecular weight excluding hydrogens is 252 g/mol. The van der Waals surface area contributed by atoms with Gasteiger partial charge in [-0.3, -0.25) is 4.79 Å². The van der Waals surface area contributed by atoms with Gasteiger partial charge in [0.25, 0.3) is 5.91 Å². The van der Waals surface area contributed by atoms with Crippen LogP contribution in [0, 0.1) is 5.92 Å². The van der Waals surface area contributed by atoms with Crippen molar-refractivity contribution in [1.29, 1.82) is 0 Å². The average molecular weight is 276 g/mol. The van der Waals surface area contributed by atoms with Crippen LogP contribution in [0.25, 0.3) is 0 Å². The molecule has 2 rings (SSSR count). The lowest BCUT2D eigenvalue weighted by molar-refractivity contribution is 0.0787. The van der Waals surface area contributed by atoms with Crippen LogP contribution in [0.1, 0.15) is 37.0 Å². The summed E-state index contributed by atoms with van der Waals surface area (Å²) in [7, 11) is 0. The number of nitrogens with zero attached hydrogens (tertiary/aromatic N) is 1. The summed E-state index contributed by atoms with van der Waals surface area (Å²) in [6.45, 7) is 6.37. The molecule has 0 aliphatic carbocycles. The Kier molecular flexibility index (Phi) is 5.01. The van der Waals surface area contributed by atoms with Gasteiger partial charge in [-0.1, -0.05) is 6.92 Å². The number of likely N-dealkylation sites (tertiary alicyclic amines) is 1. The number of nitrogens with two attached hydrogens (primary N) is 1. The zero-order valence-electron chi connectivity index (χ0n) is 12.3. The molecule has 0 radical (unpaired) electrons. The van der Waals surface area contributed by atoms with Crippen LogP contribution in [0.2, 0.25) is 0 Å². The zero-order chi connectivity index (χ0) is 14.5. The standard InChI is InChI=1S/C16H24N2O2/c1-3-12(2)20-15-6-4-14(5-7-15)16(19)18-9-8-13(10-17)11-18/h4-7,12-13H,3,8-11,17H2,1-2H3/t12-,13+/m1/s1. The molecule has 1 aromatic carbocycles. The molecule has 20 heavy (non-hydrogen) atoms. The van der Waals surface area contributed by atoms with E-state index in [0.717, 1.165) is 37.2 Å². The Balaban J connectivity index is 1.97. The second-order valence-electron chi connectivity index (χ2n) is 5.50. The van der Waals surface area contributed by atoms with Crippen molar-refractivity contribution in [2.75, 3.05) is 19.6 Å². The summed E-state index contributed by atoms with van der Waals surface area (Å²) in [6, 6.07) is 7.43. The summed E-state index contributed by atoms with van der Waals surface area (Å²) in [6.07, 6.45) is 2.17. The third kappa shape index (κ3) is 3.51. The Hall–Kier alpha value is -1.55. The van der Waals surface area contributed by atoms with Gasteiger partial charge >= 0.3 is 0 Å². The zero-order valence-corrected chi connectivity index (χ0v) is 12.3. The number of benzene rings is 1. The minimum Gasteiger partial charge on any atom is -0.491 e. The van der Waals surface area contributed by atoms with Crippen LogP contribution in [0.3, 0.4) is 0 Å². The van der Waals surface area contributed by atoms with Crippen molar-refractivity contribution in [3.63, 3.8) is 0 Å². The van der Waals surface area contributed by atoms with E-state index in [2.05, 4.69) is 6.92 Å². The SMILES string of the molecule is CC[C@@H](C)Oc1ccc(C(=O)N2CC[C@@H](CN)C2)cc1. The van der Waals surface area contributed by atoms with E-state index in [-0.39, 0.29) is 12.0 Å². The Morgan fingerprint density at radius 2 is 2.15 bits per heavy atom. The van der Waals surface area contributed by atoms with Crippen molar-refractivity contribution in [3.8, 4) is 5.75 Å². The molecule has 1 aliphatic heterocycles. The van der Waals surface area contributed by atoms with E-state index in [1.807, 2.05) is 36.1 Å². The molecule has 4 heteroatoms. The van der Waals surface area contributed by atoms with Gasteiger partial charge in [-0.15, -0.1) is 0 Å². The third-order valence-electron chi connectivity index (χ3n) is 3.92. The molecule has 0 bridgehead atoms. The van der Waals surface area contributed by atoms with Crippen LogP contribution in [-0.4, -0.2) is 36.5 Å². The summed E-state index contributed by atoms with van der Waals surface area (Å²) in [5.74, 6) is 1.36. The molecular formula is C16H24N2O2. The summed E-state index contributed by atoms with van der Waals surface area (Å²) in [4.78, 5) is 14.2. The van der Waals surface area contributed by atoms with Crippen molar-refractivity contribution in [3.05, 3.63) is 29.8 Å². The Morgan fingerprint density at radius 3 is 2.70 bits per heavy atom. The van der Waals surface area contributed by atoms with Crippen LogP contribution in [0.4, 0.5) is 0 Å². The molecule has 0 unspecified atom stereocenters. The Labute approximate surface area is 120 Å². The number of rotatable bonds is 5. The molecule has 0 aromatic heterocycles. The van der Waals surface area contributed by atoms with Gasteiger partial charge in [0, 0.05) is 18.7 Å². The van der Waals surface area contributed by atoms with E-state index in [4.69, 9.17) is 10.5 Å². The fourth-order valence-corrected chi connectivity index (χ4v) is 2.38. The predicted octanol–water partition coefficient (Wildman–Crippen LogP) is 2.28. The number of hydrogen-bond acceptors (Lipinski definition) is 3. The van der Waals surface area contributed by atoms with Gasteiger partial charge in [0.05, 0.1) is 6.10 Å². The highest BCUT2D eigenvalue weighted by Gasteiger charge is 2.25. The summed E-state index contributed by atoms with van der Waals surface area (Å²) in [5.41, 5.74) is 6.38. The van der Waals surface area contributed by atoms with Crippen molar-refractivity contribution >= 4 is 5.91 Å². The molecule has 0 spiro atoms.